The number of aromatic nitrogens is 2. The first kappa shape index (κ1) is 18.0. The highest BCUT2D eigenvalue weighted by molar-refractivity contribution is 7.18. The molecule has 1 aromatic carbocycles. The van der Waals surface area contributed by atoms with Crippen molar-refractivity contribution >= 4 is 38.8 Å². The number of benzene rings is 1. The van der Waals surface area contributed by atoms with Crippen LogP contribution in [0.1, 0.15) is 45.6 Å². The lowest BCUT2D eigenvalue weighted by Crippen LogP contribution is -2.24. The number of nitrogens with zero attached hydrogens (tertiary/aromatic N) is 2. The molecule has 0 saturated carbocycles. The van der Waals surface area contributed by atoms with Gasteiger partial charge in [-0.1, -0.05) is 26.0 Å². The molecule has 0 aliphatic heterocycles. The number of hydrogen-bond donors (Lipinski definition) is 1. The zero-order valence-corrected chi connectivity index (χ0v) is 16.5. The van der Waals surface area contributed by atoms with Crippen molar-refractivity contribution in [2.45, 2.75) is 40.0 Å². The summed E-state index contributed by atoms with van der Waals surface area (Å²) < 4.78 is 1.22. The third-order valence-electron chi connectivity index (χ3n) is 3.82. The second-order valence-corrected chi connectivity index (χ2v) is 8.75. The van der Waals surface area contributed by atoms with Gasteiger partial charge in [-0.25, -0.2) is 9.97 Å². The van der Waals surface area contributed by atoms with E-state index in [1.807, 2.05) is 25.1 Å². The van der Waals surface area contributed by atoms with Gasteiger partial charge in [0.1, 0.15) is 4.88 Å². The van der Waals surface area contributed by atoms with E-state index < -0.39 is 0 Å². The molecule has 0 spiro atoms. The van der Waals surface area contributed by atoms with Crippen LogP contribution in [0.4, 0.5) is 0 Å². The smallest absolute Gasteiger partial charge is 0.263 e. The van der Waals surface area contributed by atoms with Crippen LogP contribution in [0.2, 0.25) is 0 Å². The Bertz CT molecular complexity index is 834. The molecule has 0 bridgehead atoms. The molecule has 1 N–H and O–H groups in total. The molecule has 0 fully saturated rings. The summed E-state index contributed by atoms with van der Waals surface area (Å²) in [5.74, 6) is 0.546. The van der Waals surface area contributed by atoms with Crippen molar-refractivity contribution in [1.29, 1.82) is 0 Å². The molecule has 3 aromatic rings. The van der Waals surface area contributed by atoms with Gasteiger partial charge in [-0.05, 0) is 31.4 Å². The maximum Gasteiger partial charge on any atom is 0.263 e. The van der Waals surface area contributed by atoms with Crippen LogP contribution in [0.15, 0.2) is 24.3 Å². The van der Waals surface area contributed by atoms with Gasteiger partial charge in [-0.2, -0.15) is 0 Å². The summed E-state index contributed by atoms with van der Waals surface area (Å²) in [6.07, 6.45) is 2.71. The number of hydrogen-bond acceptors (Lipinski definition) is 5. The predicted molar refractivity (Wildman–Crippen MR) is 106 cm³/mol. The lowest BCUT2D eigenvalue weighted by atomic mass is 10.1. The number of aryl methyl sites for hydroxylation is 2. The Morgan fingerprint density at radius 1 is 1.16 bits per heavy atom. The van der Waals surface area contributed by atoms with Gasteiger partial charge in [0.05, 0.1) is 25.9 Å². The third kappa shape index (κ3) is 4.64. The highest BCUT2D eigenvalue weighted by Crippen LogP contribution is 2.23. The Morgan fingerprint density at radius 2 is 1.96 bits per heavy atom. The van der Waals surface area contributed by atoms with E-state index in [4.69, 9.17) is 0 Å². The molecule has 25 heavy (non-hydrogen) atoms. The zero-order valence-electron chi connectivity index (χ0n) is 14.8. The van der Waals surface area contributed by atoms with Gasteiger partial charge in [-0.3, -0.25) is 4.79 Å². The molecule has 0 radical (unpaired) electrons. The number of rotatable bonds is 7. The van der Waals surface area contributed by atoms with Crippen molar-refractivity contribution in [3.05, 3.63) is 44.9 Å². The summed E-state index contributed by atoms with van der Waals surface area (Å²) in [5, 5.41) is 5.20. The van der Waals surface area contributed by atoms with Crippen LogP contribution in [-0.2, 0) is 12.8 Å². The average molecular weight is 374 g/mol. The molecule has 0 aliphatic rings. The Hall–Kier alpha value is -1.79. The van der Waals surface area contributed by atoms with Crippen LogP contribution in [-0.4, -0.2) is 22.4 Å². The van der Waals surface area contributed by atoms with Crippen molar-refractivity contribution in [3.63, 3.8) is 0 Å². The maximum atomic E-state index is 12.4. The average Bonchev–Trinajstić information content (AvgIpc) is 3.13. The molecule has 4 nitrogen and oxygen atoms in total. The van der Waals surface area contributed by atoms with Crippen LogP contribution < -0.4 is 5.32 Å². The minimum Gasteiger partial charge on any atom is -0.351 e. The second-order valence-electron chi connectivity index (χ2n) is 6.55. The summed E-state index contributed by atoms with van der Waals surface area (Å²) in [6, 6.07) is 8.18. The van der Waals surface area contributed by atoms with Gasteiger partial charge in [-0.15, -0.1) is 22.7 Å². The Morgan fingerprint density at radius 3 is 2.72 bits per heavy atom. The van der Waals surface area contributed by atoms with E-state index in [-0.39, 0.29) is 5.91 Å². The molecule has 6 heteroatoms. The topological polar surface area (TPSA) is 54.9 Å². The summed E-state index contributed by atoms with van der Waals surface area (Å²) in [4.78, 5) is 22.3. The number of amides is 1. The quantitative estimate of drug-likeness (QED) is 0.615. The van der Waals surface area contributed by atoms with E-state index in [1.54, 1.807) is 11.3 Å². The van der Waals surface area contributed by atoms with Crippen LogP contribution in [0, 0.1) is 12.8 Å². The lowest BCUT2D eigenvalue weighted by molar-refractivity contribution is 0.0956. The van der Waals surface area contributed by atoms with Gasteiger partial charge < -0.3 is 5.32 Å². The van der Waals surface area contributed by atoms with Crippen molar-refractivity contribution in [1.82, 2.24) is 15.3 Å². The summed E-state index contributed by atoms with van der Waals surface area (Å²) in [5.41, 5.74) is 1.90. The first-order chi connectivity index (χ1) is 12.0. The van der Waals surface area contributed by atoms with Crippen LogP contribution in [0.25, 0.3) is 10.2 Å². The zero-order chi connectivity index (χ0) is 17.8. The van der Waals surface area contributed by atoms with Crippen molar-refractivity contribution in [2.24, 2.45) is 5.92 Å². The van der Waals surface area contributed by atoms with E-state index in [0.717, 1.165) is 45.4 Å². The molecular weight excluding hydrogens is 350 g/mol. The third-order valence-corrected chi connectivity index (χ3v) is 6.10. The fourth-order valence-electron chi connectivity index (χ4n) is 2.65. The highest BCUT2D eigenvalue weighted by atomic mass is 32.1. The van der Waals surface area contributed by atoms with Crippen LogP contribution >= 0.6 is 22.7 Å². The van der Waals surface area contributed by atoms with Crippen LogP contribution in [0.5, 0.6) is 0 Å². The fourth-order valence-corrected chi connectivity index (χ4v) is 4.85. The SMILES string of the molecule is Cc1nc(CC(C)C)sc1C(=O)NCCCc1nc2ccccc2s1. The highest BCUT2D eigenvalue weighted by Gasteiger charge is 2.15. The molecular formula is C19H23N3OS2. The summed E-state index contributed by atoms with van der Waals surface area (Å²) in [7, 11) is 0. The van der Waals surface area contributed by atoms with Gasteiger partial charge in [0.2, 0.25) is 0 Å². The minimum absolute atomic E-state index is 0.00527. The molecule has 3 rings (SSSR count). The van der Waals surface area contributed by atoms with Gasteiger partial charge in [0.25, 0.3) is 5.91 Å². The first-order valence-corrected chi connectivity index (χ1v) is 10.2. The molecule has 0 saturated heterocycles. The number of para-hydroxylation sites is 1. The number of carbonyl (C=O) groups is 1. The van der Waals surface area contributed by atoms with E-state index in [0.29, 0.717) is 12.5 Å². The predicted octanol–water partition coefficient (Wildman–Crippen LogP) is 4.62. The van der Waals surface area contributed by atoms with E-state index >= 15 is 0 Å². The Balaban J connectivity index is 1.50. The number of thiazole rings is 2. The molecule has 0 unspecified atom stereocenters. The fraction of sp³-hybridized carbons (Fsp3) is 0.421. The monoisotopic (exact) mass is 373 g/mol. The molecule has 2 heterocycles. The van der Waals surface area contributed by atoms with E-state index in [9.17, 15) is 4.79 Å². The molecule has 132 valence electrons. The van der Waals surface area contributed by atoms with Crippen LogP contribution in [0.3, 0.4) is 0 Å². The van der Waals surface area contributed by atoms with E-state index in [2.05, 4.69) is 35.2 Å². The largest absolute Gasteiger partial charge is 0.351 e. The second kappa shape index (κ2) is 8.06. The lowest BCUT2D eigenvalue weighted by Gasteiger charge is -2.03. The summed E-state index contributed by atoms with van der Waals surface area (Å²) in [6.45, 7) is 6.90. The summed E-state index contributed by atoms with van der Waals surface area (Å²) >= 11 is 3.25. The molecule has 1 amide bonds. The van der Waals surface area contributed by atoms with Gasteiger partial charge >= 0.3 is 0 Å². The van der Waals surface area contributed by atoms with Gasteiger partial charge in [0.15, 0.2) is 0 Å². The van der Waals surface area contributed by atoms with Crippen molar-refractivity contribution in [2.75, 3.05) is 6.54 Å². The van der Waals surface area contributed by atoms with E-state index in [1.165, 1.54) is 16.0 Å². The minimum atomic E-state index is -0.00527. The molecule has 0 aliphatic carbocycles. The number of nitrogens with one attached hydrogen (secondary N) is 1. The normalized spacial score (nSPS) is 11.4. The molecule has 0 atom stereocenters. The number of carbonyl (C=O) groups excluding carboxylic acids is 1. The first-order valence-electron chi connectivity index (χ1n) is 8.62. The molecule has 2 aromatic heterocycles. The number of fused-ring (bicyclic) bond motifs is 1. The Kier molecular flexibility index (Phi) is 5.81. The van der Waals surface area contributed by atoms with Gasteiger partial charge in [0, 0.05) is 19.4 Å². The Labute approximate surface area is 156 Å². The standard InChI is InChI=1S/C19H23N3OS2/c1-12(2)11-17-21-13(3)18(25-17)19(23)20-10-6-9-16-22-14-7-4-5-8-15(14)24-16/h4-5,7-8,12H,6,9-11H2,1-3H3,(H,20,23). The maximum absolute atomic E-state index is 12.4. The van der Waals surface area contributed by atoms with Crippen molar-refractivity contribution in [3.8, 4) is 0 Å². The van der Waals surface area contributed by atoms with Crippen molar-refractivity contribution < 1.29 is 4.79 Å².